The van der Waals surface area contributed by atoms with Crippen LogP contribution in [0, 0.1) is 10.1 Å². The molecule has 0 fully saturated rings. The van der Waals surface area contributed by atoms with Crippen LogP contribution in [0.1, 0.15) is 75.8 Å². The molecule has 1 unspecified atom stereocenters. The van der Waals surface area contributed by atoms with Gasteiger partial charge in [0.25, 0.3) is 5.69 Å². The van der Waals surface area contributed by atoms with Crippen LogP contribution in [0.5, 0.6) is 11.5 Å². The minimum atomic E-state index is -1.08. The van der Waals surface area contributed by atoms with E-state index in [0.29, 0.717) is 56.7 Å². The molecule has 0 bridgehead atoms. The molecule has 7 rings (SSSR count). The zero-order valence-electron chi connectivity index (χ0n) is 39.2. The van der Waals surface area contributed by atoms with Gasteiger partial charge in [-0.15, -0.1) is 0 Å². The van der Waals surface area contributed by atoms with E-state index < -0.39 is 11.0 Å². The van der Waals surface area contributed by atoms with Crippen molar-refractivity contribution in [2.75, 3.05) is 74.7 Å². The Morgan fingerprint density at radius 1 is 0.612 bits per heavy atom. The lowest BCUT2D eigenvalue weighted by Gasteiger charge is -2.37. The van der Waals surface area contributed by atoms with Crippen LogP contribution in [0.4, 0.5) is 5.69 Å². The summed E-state index contributed by atoms with van der Waals surface area (Å²) in [6.45, 7) is 9.35. The van der Waals surface area contributed by atoms with E-state index in [4.69, 9.17) is 33.2 Å². The van der Waals surface area contributed by atoms with Crippen LogP contribution in [0.2, 0.25) is 0 Å². The molecule has 10 nitrogen and oxygen atoms in total. The SMILES string of the molecule is C=Cc1ccc2c(c1)C(CCOCCOC)(CCOCCOC)c1cc(/C=C/c3ccc([N+](=O)[O-])c(C(C)COC(c4ccccc4)(c4ccc(OC)cc4)c4ccc(OC)cc4)c3)ccc1-2. The largest absolute Gasteiger partial charge is 0.497 e. The molecule has 0 radical (unpaired) electrons. The van der Waals surface area contributed by atoms with Crippen molar-refractivity contribution in [3.05, 3.63) is 200 Å². The second kappa shape index (κ2) is 22.9. The maximum absolute atomic E-state index is 12.6. The first-order valence-corrected chi connectivity index (χ1v) is 22.7. The number of hydrogen-bond acceptors (Lipinski definition) is 9. The summed E-state index contributed by atoms with van der Waals surface area (Å²) < 4.78 is 41.0. The molecule has 1 atom stereocenters. The van der Waals surface area contributed by atoms with E-state index in [0.717, 1.165) is 46.2 Å². The van der Waals surface area contributed by atoms with Crippen LogP contribution in [0.25, 0.3) is 29.4 Å². The van der Waals surface area contributed by atoms with Crippen LogP contribution < -0.4 is 9.47 Å². The Kier molecular flexibility index (Phi) is 16.6. The summed E-state index contributed by atoms with van der Waals surface area (Å²) in [5.41, 5.74) is 9.49. The highest BCUT2D eigenvalue weighted by Gasteiger charge is 2.43. The first kappa shape index (κ1) is 48.5. The Morgan fingerprint density at radius 3 is 1.61 bits per heavy atom. The fraction of sp³-hybridized carbons (Fsp3) is 0.298. The van der Waals surface area contributed by atoms with Crippen molar-refractivity contribution >= 4 is 23.9 Å². The molecule has 6 aromatic rings. The van der Waals surface area contributed by atoms with Gasteiger partial charge in [0.2, 0.25) is 0 Å². The zero-order chi connectivity index (χ0) is 47.2. The summed E-state index contributed by atoms with van der Waals surface area (Å²) in [7, 11) is 6.63. The van der Waals surface area contributed by atoms with Gasteiger partial charge in [-0.3, -0.25) is 10.1 Å². The topological polar surface area (TPSA) is 108 Å². The standard InChI is InChI=1S/C57H61NO9/c1-7-42-15-26-50-51-27-16-44(39-54(51)56(53(50)38-42,29-31-65-35-33-61-3)30-32-66-36-34-62-4)14-13-43-17-28-55(58(59)60)52(37-43)41(2)40-67-57(45-11-9-8-10-12-45,46-18-22-48(63-5)23-19-46)47-20-24-49(64-6)25-21-47/h7-28,37-39,41H,1,29-36,40H2,2-6H3/b14-13+. The minimum absolute atomic E-state index is 0.0341. The van der Waals surface area contributed by atoms with Crippen LogP contribution in [-0.4, -0.2) is 79.6 Å². The van der Waals surface area contributed by atoms with Gasteiger partial charge < -0.3 is 33.2 Å². The molecule has 0 amide bonds. The normalized spacial score (nSPS) is 13.3. The van der Waals surface area contributed by atoms with Gasteiger partial charge in [0.15, 0.2) is 0 Å². The Morgan fingerprint density at radius 2 is 1.10 bits per heavy atom. The number of fused-ring (bicyclic) bond motifs is 3. The fourth-order valence-corrected chi connectivity index (χ4v) is 9.25. The van der Waals surface area contributed by atoms with Gasteiger partial charge in [0.1, 0.15) is 17.1 Å². The number of benzene rings is 6. The third kappa shape index (κ3) is 10.8. The number of nitrogens with zero attached hydrogens (tertiary/aromatic N) is 1. The Bertz CT molecular complexity index is 2540. The third-order valence-corrected chi connectivity index (χ3v) is 12.8. The Balaban J connectivity index is 1.23. The molecule has 0 aromatic heterocycles. The number of nitro benzene ring substituents is 1. The van der Waals surface area contributed by atoms with Crippen molar-refractivity contribution in [2.24, 2.45) is 0 Å². The first-order chi connectivity index (χ1) is 32.7. The molecule has 10 heteroatoms. The molecular formula is C57H61NO9. The fourth-order valence-electron chi connectivity index (χ4n) is 9.25. The second-order valence-corrected chi connectivity index (χ2v) is 16.7. The molecule has 348 valence electrons. The maximum atomic E-state index is 12.6. The highest BCUT2D eigenvalue weighted by atomic mass is 16.6. The monoisotopic (exact) mass is 903 g/mol. The summed E-state index contributed by atoms with van der Waals surface area (Å²) in [5, 5.41) is 12.6. The highest BCUT2D eigenvalue weighted by Crippen LogP contribution is 2.53. The molecule has 0 N–H and O–H groups in total. The summed E-state index contributed by atoms with van der Waals surface area (Å²) in [6, 6.07) is 44.2. The predicted octanol–water partition coefficient (Wildman–Crippen LogP) is 11.9. The van der Waals surface area contributed by atoms with E-state index in [9.17, 15) is 10.1 Å². The van der Waals surface area contributed by atoms with Crippen LogP contribution in [0.3, 0.4) is 0 Å². The summed E-state index contributed by atoms with van der Waals surface area (Å²) in [4.78, 5) is 12.3. The van der Waals surface area contributed by atoms with Gasteiger partial charge in [0.05, 0.1) is 52.2 Å². The van der Waals surface area contributed by atoms with Gasteiger partial charge in [-0.25, -0.2) is 0 Å². The molecule has 1 aliphatic carbocycles. The van der Waals surface area contributed by atoms with E-state index in [2.05, 4.69) is 49.1 Å². The predicted molar refractivity (Wildman–Crippen MR) is 266 cm³/mol. The molecular weight excluding hydrogens is 843 g/mol. The molecule has 67 heavy (non-hydrogen) atoms. The third-order valence-electron chi connectivity index (χ3n) is 12.8. The lowest BCUT2D eigenvalue weighted by atomic mass is 9.72. The molecule has 0 saturated heterocycles. The van der Waals surface area contributed by atoms with Gasteiger partial charge in [-0.2, -0.15) is 0 Å². The average molecular weight is 904 g/mol. The average Bonchev–Trinajstić information content (AvgIpc) is 3.63. The molecule has 1 aliphatic rings. The van der Waals surface area contributed by atoms with Gasteiger partial charge in [-0.1, -0.05) is 123 Å². The molecule has 0 saturated carbocycles. The van der Waals surface area contributed by atoms with E-state index in [1.807, 2.05) is 104 Å². The summed E-state index contributed by atoms with van der Waals surface area (Å²) >= 11 is 0. The molecule has 0 heterocycles. The van der Waals surface area contributed by atoms with Crippen LogP contribution in [-0.2, 0) is 34.7 Å². The highest BCUT2D eigenvalue weighted by molar-refractivity contribution is 5.84. The van der Waals surface area contributed by atoms with Crippen molar-refractivity contribution in [2.45, 2.75) is 36.7 Å². The summed E-state index contributed by atoms with van der Waals surface area (Å²) in [5.74, 6) is 1.05. The van der Waals surface area contributed by atoms with E-state index in [1.54, 1.807) is 40.6 Å². The first-order valence-electron chi connectivity index (χ1n) is 22.7. The van der Waals surface area contributed by atoms with E-state index >= 15 is 0 Å². The number of hydrogen-bond donors (Lipinski definition) is 0. The zero-order valence-corrected chi connectivity index (χ0v) is 39.2. The quantitative estimate of drug-likeness (QED) is 0.0182. The van der Waals surface area contributed by atoms with Crippen molar-refractivity contribution in [1.29, 1.82) is 0 Å². The Hall–Kier alpha value is -6.40. The number of rotatable bonds is 25. The molecule has 6 aromatic carbocycles. The van der Waals surface area contributed by atoms with Gasteiger partial charge >= 0.3 is 0 Å². The van der Waals surface area contributed by atoms with Crippen molar-refractivity contribution < 1.29 is 38.1 Å². The van der Waals surface area contributed by atoms with Crippen LogP contribution >= 0.6 is 0 Å². The second-order valence-electron chi connectivity index (χ2n) is 16.7. The maximum Gasteiger partial charge on any atom is 0.272 e. The van der Waals surface area contributed by atoms with Gasteiger partial charge in [0, 0.05) is 50.4 Å². The number of methoxy groups -OCH3 is 4. The van der Waals surface area contributed by atoms with Crippen molar-refractivity contribution in [3.63, 3.8) is 0 Å². The molecule has 0 aliphatic heterocycles. The van der Waals surface area contributed by atoms with Crippen molar-refractivity contribution in [3.8, 4) is 22.6 Å². The lowest BCUT2D eigenvalue weighted by molar-refractivity contribution is -0.385. The van der Waals surface area contributed by atoms with E-state index in [-0.39, 0.29) is 23.1 Å². The lowest BCUT2D eigenvalue weighted by Crippen LogP contribution is -2.34. The summed E-state index contributed by atoms with van der Waals surface area (Å²) in [6.07, 6.45) is 7.47. The van der Waals surface area contributed by atoms with Crippen LogP contribution in [0.15, 0.2) is 140 Å². The molecule has 0 spiro atoms. The smallest absolute Gasteiger partial charge is 0.272 e. The minimum Gasteiger partial charge on any atom is -0.497 e. The number of nitro groups is 1. The van der Waals surface area contributed by atoms with Gasteiger partial charge in [-0.05, 0) is 105 Å². The Labute approximate surface area is 394 Å². The number of ether oxygens (including phenoxy) is 7. The van der Waals surface area contributed by atoms with Crippen molar-refractivity contribution in [1.82, 2.24) is 0 Å². The van der Waals surface area contributed by atoms with E-state index in [1.165, 1.54) is 22.3 Å².